The molecule has 0 spiro atoms. The van der Waals surface area contributed by atoms with E-state index in [-0.39, 0.29) is 11.9 Å². The Labute approximate surface area is 165 Å². The minimum Gasteiger partial charge on any atom is -0.348 e. The summed E-state index contributed by atoms with van der Waals surface area (Å²) in [6.45, 7) is 3.18. The highest BCUT2D eigenvalue weighted by molar-refractivity contribution is 7.99. The third-order valence-electron chi connectivity index (χ3n) is 5.35. The van der Waals surface area contributed by atoms with E-state index in [0.717, 1.165) is 43.4 Å². The Kier molecular flexibility index (Phi) is 5.33. The van der Waals surface area contributed by atoms with Crippen LogP contribution in [-0.4, -0.2) is 41.5 Å². The highest BCUT2D eigenvalue weighted by Crippen LogP contribution is 2.32. The third-order valence-corrected chi connectivity index (χ3v) is 6.34. The molecule has 8 heteroatoms. The van der Waals surface area contributed by atoms with E-state index in [1.54, 1.807) is 24.3 Å². The van der Waals surface area contributed by atoms with Gasteiger partial charge in [-0.2, -0.15) is 13.2 Å². The number of nitrogens with zero attached hydrogens (tertiary/aromatic N) is 2. The number of aromatic nitrogens is 1. The molecule has 3 aliphatic rings. The Morgan fingerprint density at radius 1 is 1.07 bits per heavy atom. The van der Waals surface area contributed by atoms with Crippen molar-refractivity contribution in [1.82, 2.24) is 15.2 Å². The number of nitrogens with one attached hydrogen (secondary N) is 1. The number of hydrogen-bond donors (Lipinski definition) is 1. The first-order valence-corrected chi connectivity index (χ1v) is 10.0. The number of benzene rings is 1. The van der Waals surface area contributed by atoms with Gasteiger partial charge in [-0.1, -0.05) is 11.8 Å². The van der Waals surface area contributed by atoms with E-state index in [0.29, 0.717) is 16.4 Å². The summed E-state index contributed by atoms with van der Waals surface area (Å²) < 4.78 is 37.7. The van der Waals surface area contributed by atoms with Gasteiger partial charge in [0.15, 0.2) is 0 Å². The second-order valence-corrected chi connectivity index (χ2v) is 8.37. The number of pyridine rings is 1. The molecule has 1 unspecified atom stereocenters. The van der Waals surface area contributed by atoms with Crippen LogP contribution in [0.1, 0.15) is 28.9 Å². The zero-order valence-electron chi connectivity index (χ0n) is 15.1. The first-order valence-electron chi connectivity index (χ1n) is 9.23. The number of piperidine rings is 3. The van der Waals surface area contributed by atoms with Crippen LogP contribution in [0.2, 0.25) is 0 Å². The average molecular weight is 407 g/mol. The molecule has 0 radical (unpaired) electrons. The summed E-state index contributed by atoms with van der Waals surface area (Å²) in [5.41, 5.74) is -0.317. The molecule has 1 amide bonds. The van der Waals surface area contributed by atoms with Crippen LogP contribution in [0.15, 0.2) is 52.4 Å². The van der Waals surface area contributed by atoms with Crippen molar-refractivity contribution < 1.29 is 18.0 Å². The number of halogens is 3. The van der Waals surface area contributed by atoms with Crippen LogP contribution < -0.4 is 5.32 Å². The topological polar surface area (TPSA) is 45.2 Å². The second kappa shape index (κ2) is 7.75. The van der Waals surface area contributed by atoms with E-state index in [9.17, 15) is 18.0 Å². The van der Waals surface area contributed by atoms with Gasteiger partial charge in [0.05, 0.1) is 0 Å². The van der Waals surface area contributed by atoms with Crippen molar-refractivity contribution in [2.75, 3.05) is 19.6 Å². The molecule has 0 aliphatic carbocycles. The van der Waals surface area contributed by atoms with Gasteiger partial charge in [-0.05, 0) is 68.2 Å². The largest absolute Gasteiger partial charge is 0.433 e. The lowest BCUT2D eigenvalue weighted by atomic mass is 9.84. The fourth-order valence-corrected chi connectivity index (χ4v) is 4.58. The molecule has 3 fully saturated rings. The Morgan fingerprint density at radius 3 is 2.29 bits per heavy atom. The van der Waals surface area contributed by atoms with E-state index in [2.05, 4.69) is 15.2 Å². The van der Waals surface area contributed by atoms with Crippen LogP contribution in [0.3, 0.4) is 0 Å². The van der Waals surface area contributed by atoms with E-state index >= 15 is 0 Å². The van der Waals surface area contributed by atoms with Crippen molar-refractivity contribution in [2.45, 2.75) is 34.9 Å². The molecular weight excluding hydrogens is 387 g/mol. The molecule has 1 N–H and O–H groups in total. The molecule has 4 heterocycles. The van der Waals surface area contributed by atoms with Crippen LogP contribution in [0.25, 0.3) is 0 Å². The van der Waals surface area contributed by atoms with Crippen molar-refractivity contribution >= 4 is 17.7 Å². The Morgan fingerprint density at radius 2 is 1.75 bits per heavy atom. The molecule has 5 rings (SSSR count). The summed E-state index contributed by atoms with van der Waals surface area (Å²) >= 11 is 1.30. The van der Waals surface area contributed by atoms with Crippen LogP contribution in [0.4, 0.5) is 13.2 Å². The van der Waals surface area contributed by atoms with Crippen LogP contribution in [-0.2, 0) is 6.18 Å². The van der Waals surface area contributed by atoms with Crippen molar-refractivity contribution in [2.24, 2.45) is 5.92 Å². The molecule has 1 aromatic heterocycles. The minimum atomic E-state index is -4.44. The number of rotatable bonds is 4. The quantitative estimate of drug-likeness (QED) is 0.830. The number of hydrogen-bond acceptors (Lipinski definition) is 4. The number of alkyl halides is 3. The Bertz CT molecular complexity index is 831. The lowest BCUT2D eigenvalue weighted by Crippen LogP contribution is -2.57. The highest BCUT2D eigenvalue weighted by atomic mass is 32.2. The standard InChI is InChI=1S/C20H20F3N3OS/c21-20(22,23)18-6-5-16(11-24-18)28-15-3-1-14(2-4-15)19(27)25-17-12-26-9-7-13(17)8-10-26/h1-6,11,13,17H,7-10,12H2,(H,25,27). The van der Waals surface area contributed by atoms with Crippen molar-refractivity contribution in [3.8, 4) is 0 Å². The zero-order valence-corrected chi connectivity index (χ0v) is 15.9. The maximum absolute atomic E-state index is 12.6. The normalized spacial score (nSPS) is 24.2. The molecule has 3 aliphatic heterocycles. The van der Waals surface area contributed by atoms with Gasteiger partial charge in [-0.15, -0.1) is 0 Å². The Hall–Kier alpha value is -2.06. The lowest BCUT2D eigenvalue weighted by Gasteiger charge is -2.44. The van der Waals surface area contributed by atoms with E-state index in [4.69, 9.17) is 0 Å². The average Bonchev–Trinajstić information content (AvgIpc) is 2.69. The smallest absolute Gasteiger partial charge is 0.348 e. The van der Waals surface area contributed by atoms with Gasteiger partial charge in [0.1, 0.15) is 5.69 Å². The van der Waals surface area contributed by atoms with Gasteiger partial charge >= 0.3 is 6.18 Å². The minimum absolute atomic E-state index is 0.0773. The summed E-state index contributed by atoms with van der Waals surface area (Å²) in [6, 6.07) is 9.67. The van der Waals surface area contributed by atoms with Crippen LogP contribution in [0.5, 0.6) is 0 Å². The first-order chi connectivity index (χ1) is 13.4. The number of fused-ring (bicyclic) bond motifs is 3. The van der Waals surface area contributed by atoms with Crippen molar-refractivity contribution in [3.63, 3.8) is 0 Å². The molecular formula is C20H20F3N3OS. The summed E-state index contributed by atoms with van der Waals surface area (Å²) in [5.74, 6) is 0.488. The predicted molar refractivity (Wildman–Crippen MR) is 100 cm³/mol. The van der Waals surface area contributed by atoms with E-state index < -0.39 is 11.9 Å². The molecule has 28 heavy (non-hydrogen) atoms. The summed E-state index contributed by atoms with van der Waals surface area (Å²) in [4.78, 5) is 19.8. The van der Waals surface area contributed by atoms with Gasteiger partial charge < -0.3 is 10.2 Å². The fraction of sp³-hybridized carbons (Fsp3) is 0.400. The first kappa shape index (κ1) is 19.3. The number of carbonyl (C=O) groups is 1. The van der Waals surface area contributed by atoms with Gasteiger partial charge in [0.2, 0.25) is 0 Å². The van der Waals surface area contributed by atoms with Crippen LogP contribution in [0, 0.1) is 5.92 Å². The monoisotopic (exact) mass is 407 g/mol. The molecule has 3 saturated heterocycles. The molecule has 2 aromatic rings. The third kappa shape index (κ3) is 4.33. The van der Waals surface area contributed by atoms with E-state index in [1.807, 2.05) is 0 Å². The van der Waals surface area contributed by atoms with Gasteiger partial charge in [-0.25, -0.2) is 0 Å². The summed E-state index contributed by atoms with van der Waals surface area (Å²) in [7, 11) is 0. The summed E-state index contributed by atoms with van der Waals surface area (Å²) in [6.07, 6.45) is -0.946. The lowest BCUT2D eigenvalue weighted by molar-refractivity contribution is -0.141. The molecule has 2 bridgehead atoms. The Balaban J connectivity index is 1.36. The second-order valence-electron chi connectivity index (χ2n) is 7.22. The van der Waals surface area contributed by atoms with Gasteiger partial charge in [-0.3, -0.25) is 9.78 Å². The highest BCUT2D eigenvalue weighted by Gasteiger charge is 2.35. The SMILES string of the molecule is O=C(NC1CN2CCC1CC2)c1ccc(Sc2ccc(C(F)(F)F)nc2)cc1. The van der Waals surface area contributed by atoms with Gasteiger partial charge in [0.25, 0.3) is 5.91 Å². The van der Waals surface area contributed by atoms with Crippen LogP contribution >= 0.6 is 11.8 Å². The fourth-order valence-electron chi connectivity index (χ4n) is 3.80. The molecule has 1 aromatic carbocycles. The summed E-state index contributed by atoms with van der Waals surface area (Å²) in [5, 5.41) is 3.15. The molecule has 4 nitrogen and oxygen atoms in total. The maximum Gasteiger partial charge on any atom is 0.433 e. The molecule has 1 atom stereocenters. The zero-order chi connectivity index (χ0) is 19.7. The van der Waals surface area contributed by atoms with Crippen molar-refractivity contribution in [3.05, 3.63) is 53.9 Å². The van der Waals surface area contributed by atoms with Gasteiger partial charge in [0, 0.05) is 34.1 Å². The predicted octanol–water partition coefficient (Wildman–Crippen LogP) is 4.08. The molecule has 0 saturated carbocycles. The maximum atomic E-state index is 12.6. The van der Waals surface area contributed by atoms with Crippen molar-refractivity contribution in [1.29, 1.82) is 0 Å². The van der Waals surface area contributed by atoms with E-state index in [1.165, 1.54) is 24.0 Å². The molecule has 148 valence electrons. The number of carbonyl (C=O) groups excluding carboxylic acids is 1. The number of amides is 1.